The van der Waals surface area contributed by atoms with Crippen LogP contribution in [-0.4, -0.2) is 23.7 Å². The van der Waals surface area contributed by atoms with E-state index in [1.54, 1.807) is 12.1 Å². The van der Waals surface area contributed by atoms with Gasteiger partial charge in [0.1, 0.15) is 11.9 Å². The molecule has 0 radical (unpaired) electrons. The van der Waals surface area contributed by atoms with Crippen LogP contribution in [0.15, 0.2) is 91.0 Å². The molecule has 33 heavy (non-hydrogen) atoms. The van der Waals surface area contributed by atoms with Crippen LogP contribution in [0, 0.1) is 0 Å². The third kappa shape index (κ3) is 4.35. The van der Waals surface area contributed by atoms with Gasteiger partial charge in [0.2, 0.25) is 0 Å². The van der Waals surface area contributed by atoms with Gasteiger partial charge in [-0.3, -0.25) is 0 Å². The molecule has 0 amide bonds. The molecule has 0 fully saturated rings. The number of rotatable bonds is 6. The van der Waals surface area contributed by atoms with Crippen LogP contribution in [-0.2, 0) is 0 Å². The highest BCUT2D eigenvalue weighted by Gasteiger charge is 2.29. The second kappa shape index (κ2) is 9.08. The Bertz CT molecular complexity index is 1280. The zero-order chi connectivity index (χ0) is 22.8. The highest BCUT2D eigenvalue weighted by molar-refractivity contribution is 5.87. The van der Waals surface area contributed by atoms with Crippen molar-refractivity contribution in [3.05, 3.63) is 113 Å². The van der Waals surface area contributed by atoms with Crippen molar-refractivity contribution in [1.29, 1.82) is 0 Å². The molecular formula is C29H27NO3. The number of ether oxygens (including phenoxy) is 1. The first-order chi connectivity index (χ1) is 16.1. The van der Waals surface area contributed by atoms with Gasteiger partial charge in [-0.1, -0.05) is 72.8 Å². The van der Waals surface area contributed by atoms with Crippen LogP contribution in [0.1, 0.15) is 52.4 Å². The van der Waals surface area contributed by atoms with Crippen LogP contribution in [0.5, 0.6) is 5.75 Å². The van der Waals surface area contributed by atoms with Crippen LogP contribution in [0.25, 0.3) is 10.8 Å². The van der Waals surface area contributed by atoms with Crippen molar-refractivity contribution in [2.75, 3.05) is 6.54 Å². The van der Waals surface area contributed by atoms with E-state index in [1.165, 1.54) is 16.3 Å². The van der Waals surface area contributed by atoms with Gasteiger partial charge in [0.15, 0.2) is 0 Å². The summed E-state index contributed by atoms with van der Waals surface area (Å²) < 4.78 is 6.36. The van der Waals surface area contributed by atoms with Crippen LogP contribution in [0.2, 0.25) is 0 Å². The fraction of sp³-hybridized carbons (Fsp3) is 0.207. The molecule has 1 heterocycles. The summed E-state index contributed by atoms with van der Waals surface area (Å²) in [6, 6.07) is 30.5. The fourth-order valence-corrected chi connectivity index (χ4v) is 4.84. The fourth-order valence-electron chi connectivity index (χ4n) is 4.84. The molecule has 0 aliphatic carbocycles. The summed E-state index contributed by atoms with van der Waals surface area (Å²) in [6.07, 6.45) is 0.847. The van der Waals surface area contributed by atoms with E-state index < -0.39 is 5.97 Å². The molecule has 0 spiro atoms. The average Bonchev–Trinajstić information content (AvgIpc) is 2.86. The van der Waals surface area contributed by atoms with Crippen molar-refractivity contribution < 1.29 is 14.6 Å². The average molecular weight is 438 g/mol. The Morgan fingerprint density at radius 3 is 2.52 bits per heavy atom. The van der Waals surface area contributed by atoms with Gasteiger partial charge in [-0.2, -0.15) is 0 Å². The molecule has 1 aliphatic rings. The van der Waals surface area contributed by atoms with Crippen molar-refractivity contribution in [1.82, 2.24) is 5.32 Å². The minimum atomic E-state index is -0.904. The number of benzene rings is 4. The van der Waals surface area contributed by atoms with Gasteiger partial charge in [-0.15, -0.1) is 0 Å². The highest BCUT2D eigenvalue weighted by Crippen LogP contribution is 2.40. The predicted molar refractivity (Wildman–Crippen MR) is 131 cm³/mol. The van der Waals surface area contributed by atoms with Crippen molar-refractivity contribution in [3.8, 4) is 5.75 Å². The molecule has 4 heteroatoms. The lowest BCUT2D eigenvalue weighted by molar-refractivity contribution is 0.0697. The second-order valence-corrected chi connectivity index (χ2v) is 8.69. The van der Waals surface area contributed by atoms with Gasteiger partial charge < -0.3 is 15.2 Å². The SMILES string of the molecule is C[C@@H](NC[C@H]1C[C@H](c2ccc(C(=O)O)cc2)c2ccccc2O1)c1cccc2ccccc12. The minimum absolute atomic E-state index is 0.0153. The number of hydrogen-bond donors (Lipinski definition) is 2. The van der Waals surface area contributed by atoms with Crippen molar-refractivity contribution in [3.63, 3.8) is 0 Å². The second-order valence-electron chi connectivity index (χ2n) is 8.69. The maximum Gasteiger partial charge on any atom is 0.335 e. The summed E-state index contributed by atoms with van der Waals surface area (Å²) in [7, 11) is 0. The molecule has 4 aromatic carbocycles. The maximum absolute atomic E-state index is 11.3. The van der Waals surface area contributed by atoms with Gasteiger partial charge in [-0.05, 0) is 53.4 Å². The van der Waals surface area contributed by atoms with Gasteiger partial charge in [-0.25, -0.2) is 4.79 Å². The van der Waals surface area contributed by atoms with E-state index in [1.807, 2.05) is 30.3 Å². The topological polar surface area (TPSA) is 58.6 Å². The lowest BCUT2D eigenvalue weighted by Gasteiger charge is -2.33. The number of fused-ring (bicyclic) bond motifs is 2. The molecule has 4 nitrogen and oxygen atoms in total. The molecular weight excluding hydrogens is 410 g/mol. The molecule has 0 aromatic heterocycles. The Labute approximate surface area is 193 Å². The zero-order valence-corrected chi connectivity index (χ0v) is 18.6. The van der Waals surface area contributed by atoms with E-state index in [0.717, 1.165) is 29.8 Å². The van der Waals surface area contributed by atoms with Gasteiger partial charge >= 0.3 is 5.97 Å². The largest absolute Gasteiger partial charge is 0.489 e. The Hall–Kier alpha value is -3.63. The normalized spacial score (nSPS) is 18.3. The number of para-hydroxylation sites is 1. The third-order valence-corrected chi connectivity index (χ3v) is 6.59. The predicted octanol–water partition coefficient (Wildman–Crippen LogP) is 6.17. The summed E-state index contributed by atoms with van der Waals surface area (Å²) in [5.41, 5.74) is 3.85. The number of carbonyl (C=O) groups is 1. The Balaban J connectivity index is 1.35. The van der Waals surface area contributed by atoms with Gasteiger partial charge in [0.05, 0.1) is 5.56 Å². The lowest BCUT2D eigenvalue weighted by Crippen LogP contribution is -2.37. The van der Waals surface area contributed by atoms with Crippen LogP contribution < -0.4 is 10.1 Å². The van der Waals surface area contributed by atoms with E-state index in [-0.39, 0.29) is 18.1 Å². The number of aromatic carboxylic acids is 1. The molecule has 0 unspecified atom stereocenters. The summed E-state index contributed by atoms with van der Waals surface area (Å²) in [5, 5.41) is 15.4. The molecule has 166 valence electrons. The Morgan fingerprint density at radius 2 is 1.70 bits per heavy atom. The van der Waals surface area contributed by atoms with Gasteiger partial charge in [0.25, 0.3) is 0 Å². The molecule has 4 aromatic rings. The summed E-state index contributed by atoms with van der Waals surface area (Å²) in [6.45, 7) is 2.92. The van der Waals surface area contributed by atoms with E-state index in [2.05, 4.69) is 60.8 Å². The molecule has 0 saturated heterocycles. The maximum atomic E-state index is 11.3. The monoisotopic (exact) mass is 437 g/mol. The smallest absolute Gasteiger partial charge is 0.335 e. The number of nitrogens with one attached hydrogen (secondary N) is 1. The first-order valence-electron chi connectivity index (χ1n) is 11.4. The van der Waals surface area contributed by atoms with E-state index in [4.69, 9.17) is 4.74 Å². The van der Waals surface area contributed by atoms with E-state index in [0.29, 0.717) is 5.56 Å². The zero-order valence-electron chi connectivity index (χ0n) is 18.6. The molecule has 0 saturated carbocycles. The Morgan fingerprint density at radius 1 is 0.970 bits per heavy atom. The van der Waals surface area contributed by atoms with Crippen LogP contribution in [0.4, 0.5) is 0 Å². The van der Waals surface area contributed by atoms with Crippen molar-refractivity contribution >= 4 is 16.7 Å². The molecule has 5 rings (SSSR count). The molecule has 2 N–H and O–H groups in total. The molecule has 1 aliphatic heterocycles. The summed E-state index contributed by atoms with van der Waals surface area (Å²) >= 11 is 0. The summed E-state index contributed by atoms with van der Waals surface area (Å²) in [5.74, 6) is 0.163. The minimum Gasteiger partial charge on any atom is -0.489 e. The van der Waals surface area contributed by atoms with Crippen LogP contribution >= 0.6 is 0 Å². The standard InChI is InChI=1S/C29H27NO3/c1-19(24-11-6-8-20-7-2-3-9-25(20)24)30-18-23-17-27(26-10-4-5-12-28(26)33-23)21-13-15-22(16-14-21)29(31)32/h2-16,19,23,27,30H,17-18H2,1H3,(H,31,32)/t19-,23-,27-/m1/s1. The first-order valence-corrected chi connectivity index (χ1v) is 11.4. The Kier molecular flexibility index (Phi) is 5.84. The van der Waals surface area contributed by atoms with E-state index in [9.17, 15) is 9.90 Å². The number of hydrogen-bond acceptors (Lipinski definition) is 3. The van der Waals surface area contributed by atoms with Gasteiger partial charge in [0, 0.05) is 24.1 Å². The quantitative estimate of drug-likeness (QED) is 0.379. The first kappa shape index (κ1) is 21.2. The van der Waals surface area contributed by atoms with E-state index >= 15 is 0 Å². The lowest BCUT2D eigenvalue weighted by atomic mass is 9.84. The molecule has 0 bridgehead atoms. The summed E-state index contributed by atoms with van der Waals surface area (Å²) in [4.78, 5) is 11.3. The van der Waals surface area contributed by atoms with Crippen molar-refractivity contribution in [2.24, 2.45) is 0 Å². The molecule has 3 atom stereocenters. The third-order valence-electron chi connectivity index (χ3n) is 6.59. The highest BCUT2D eigenvalue weighted by atomic mass is 16.5. The van der Waals surface area contributed by atoms with Crippen molar-refractivity contribution in [2.45, 2.75) is 31.4 Å². The number of carboxylic acid groups (broad SMARTS) is 1. The number of carboxylic acids is 1. The van der Waals surface area contributed by atoms with Crippen LogP contribution in [0.3, 0.4) is 0 Å².